The smallest absolute Gasteiger partial charge is 0.243 e. The molecule has 210 valence electrons. The Balaban J connectivity index is 1.50. The van der Waals surface area contributed by atoms with Crippen molar-refractivity contribution < 1.29 is 24.6 Å². The first-order chi connectivity index (χ1) is 19.2. The third kappa shape index (κ3) is 5.93. The van der Waals surface area contributed by atoms with Gasteiger partial charge in [-0.1, -0.05) is 54.6 Å². The molecule has 1 aromatic heterocycles. The zero-order chi connectivity index (χ0) is 28.3. The molecule has 2 aromatic carbocycles. The zero-order valence-electron chi connectivity index (χ0n) is 22.6. The average Bonchev–Trinajstić information content (AvgIpc) is 3.64. The van der Waals surface area contributed by atoms with Crippen LogP contribution in [-0.4, -0.2) is 69.2 Å². The largest absolute Gasteiger partial charge is 0.362 e. The first-order valence-corrected chi connectivity index (χ1v) is 13.8. The van der Waals surface area contributed by atoms with Gasteiger partial charge in [0.05, 0.1) is 17.5 Å². The van der Waals surface area contributed by atoms with Gasteiger partial charge >= 0.3 is 0 Å². The van der Waals surface area contributed by atoms with Gasteiger partial charge in [-0.15, -0.1) is 0 Å². The topological polar surface area (TPSA) is 135 Å². The van der Waals surface area contributed by atoms with E-state index in [1.165, 1.54) is 12.2 Å². The average molecular weight is 545 g/mol. The number of hydrogen-bond donors (Lipinski definition) is 5. The first-order valence-electron chi connectivity index (χ1n) is 13.8. The Hall–Kier alpha value is -3.63. The predicted octanol–water partition coefficient (Wildman–Crippen LogP) is 2.65. The Morgan fingerprint density at radius 3 is 2.50 bits per heavy atom. The van der Waals surface area contributed by atoms with Gasteiger partial charge in [-0.25, -0.2) is 0 Å². The summed E-state index contributed by atoms with van der Waals surface area (Å²) in [6, 6.07) is 15.9. The Bertz CT molecular complexity index is 1410. The number of amides is 2. The molecule has 2 amide bonds. The maximum Gasteiger partial charge on any atom is 0.243 e. The number of carbonyl (C=O) groups excluding carboxylic acids is 3. The minimum atomic E-state index is -2.04. The number of imide groups is 1. The van der Waals surface area contributed by atoms with Gasteiger partial charge in [0.2, 0.25) is 11.8 Å². The number of H-pyrrole nitrogens is 1. The van der Waals surface area contributed by atoms with Crippen molar-refractivity contribution in [2.24, 2.45) is 5.41 Å². The van der Waals surface area contributed by atoms with E-state index in [-0.39, 0.29) is 31.0 Å². The number of likely N-dealkylation sites (N-methyl/N-ethyl adjacent to an activating group) is 1. The van der Waals surface area contributed by atoms with Crippen molar-refractivity contribution in [3.05, 3.63) is 84.1 Å². The van der Waals surface area contributed by atoms with Crippen LogP contribution in [0, 0.1) is 5.41 Å². The number of aromatic amines is 1. The number of aromatic nitrogens is 1. The maximum absolute atomic E-state index is 14.3. The van der Waals surface area contributed by atoms with Crippen LogP contribution >= 0.6 is 0 Å². The van der Waals surface area contributed by atoms with E-state index in [1.54, 1.807) is 13.2 Å². The number of fused-ring (bicyclic) bond motifs is 1. The number of benzene rings is 2. The summed E-state index contributed by atoms with van der Waals surface area (Å²) >= 11 is 0. The summed E-state index contributed by atoms with van der Waals surface area (Å²) in [6.45, 7) is 1.14. The van der Waals surface area contributed by atoms with Crippen molar-refractivity contribution in [2.75, 3.05) is 13.6 Å². The minimum absolute atomic E-state index is 0.0540. The monoisotopic (exact) mass is 544 g/mol. The van der Waals surface area contributed by atoms with Gasteiger partial charge in [0.1, 0.15) is 0 Å². The fourth-order valence-corrected chi connectivity index (χ4v) is 5.82. The number of Topliss-reactive ketones (excluding diaryl/α,β-unsaturated/α-hetero) is 1. The van der Waals surface area contributed by atoms with Crippen molar-refractivity contribution >= 4 is 28.5 Å². The Morgan fingerprint density at radius 1 is 1.05 bits per heavy atom. The number of allylic oxidation sites excluding steroid dienone is 1. The summed E-state index contributed by atoms with van der Waals surface area (Å²) in [6.07, 6.45) is 6.07. The van der Waals surface area contributed by atoms with Gasteiger partial charge in [-0.2, -0.15) is 0 Å². The normalized spacial score (nSPS) is 22.9. The van der Waals surface area contributed by atoms with Crippen LogP contribution in [0.3, 0.4) is 0 Å². The SMILES string of the molecule is CN(Cc1ccccc1)[C@@H](CC1(C(=O)c2c[nH]c3ccccc23)C=CC(O)(O)CC1)C(=O)NC(=O)[C@@H]1CCCN1. The van der Waals surface area contributed by atoms with Gasteiger partial charge in [-0.05, 0) is 57.0 Å². The van der Waals surface area contributed by atoms with Crippen LogP contribution in [0.4, 0.5) is 0 Å². The molecule has 1 unspecified atom stereocenters. The molecule has 1 fully saturated rings. The molecule has 5 rings (SSSR count). The summed E-state index contributed by atoms with van der Waals surface area (Å²) < 4.78 is 0. The molecule has 9 nitrogen and oxygen atoms in total. The second-order valence-corrected chi connectivity index (χ2v) is 11.1. The molecular formula is C31H36N4O5. The molecule has 0 saturated carbocycles. The van der Waals surface area contributed by atoms with E-state index in [0.717, 1.165) is 29.4 Å². The molecule has 1 aliphatic heterocycles. The highest BCUT2D eigenvalue weighted by Gasteiger charge is 2.46. The number of para-hydroxylation sites is 1. The van der Waals surface area contributed by atoms with Crippen molar-refractivity contribution in [2.45, 2.75) is 56.5 Å². The third-order valence-corrected chi connectivity index (χ3v) is 8.18. The van der Waals surface area contributed by atoms with Crippen LogP contribution in [0.15, 0.2) is 72.9 Å². The molecule has 40 heavy (non-hydrogen) atoms. The number of rotatable bonds is 9. The van der Waals surface area contributed by atoms with Gasteiger partial charge in [-0.3, -0.25) is 24.6 Å². The number of ketones is 1. The van der Waals surface area contributed by atoms with E-state index in [1.807, 2.05) is 59.5 Å². The van der Waals surface area contributed by atoms with Gasteiger partial charge in [0.25, 0.3) is 0 Å². The highest BCUT2D eigenvalue weighted by Crippen LogP contribution is 2.43. The van der Waals surface area contributed by atoms with Crippen LogP contribution < -0.4 is 10.6 Å². The lowest BCUT2D eigenvalue weighted by molar-refractivity contribution is -0.136. The van der Waals surface area contributed by atoms with Crippen molar-refractivity contribution in [1.82, 2.24) is 20.5 Å². The van der Waals surface area contributed by atoms with E-state index in [9.17, 15) is 24.6 Å². The van der Waals surface area contributed by atoms with Crippen LogP contribution in [-0.2, 0) is 16.1 Å². The lowest BCUT2D eigenvalue weighted by Gasteiger charge is -2.40. The number of nitrogens with one attached hydrogen (secondary N) is 3. The molecule has 5 N–H and O–H groups in total. The molecule has 9 heteroatoms. The van der Waals surface area contributed by atoms with E-state index in [0.29, 0.717) is 18.5 Å². The summed E-state index contributed by atoms with van der Waals surface area (Å²) in [5.41, 5.74) is 1.05. The second kappa shape index (κ2) is 11.5. The third-order valence-electron chi connectivity index (χ3n) is 8.18. The number of hydrogen-bond acceptors (Lipinski definition) is 7. The summed E-state index contributed by atoms with van der Waals surface area (Å²) in [5.74, 6) is -3.11. The lowest BCUT2D eigenvalue weighted by atomic mass is 9.68. The number of aliphatic hydroxyl groups is 2. The fourth-order valence-electron chi connectivity index (χ4n) is 5.82. The summed E-state index contributed by atoms with van der Waals surface area (Å²) in [5, 5.41) is 27.0. The molecule has 3 atom stereocenters. The van der Waals surface area contributed by atoms with E-state index in [4.69, 9.17) is 0 Å². The number of carbonyl (C=O) groups is 3. The van der Waals surface area contributed by atoms with E-state index in [2.05, 4.69) is 15.6 Å². The molecule has 0 bridgehead atoms. The van der Waals surface area contributed by atoms with Crippen molar-refractivity contribution in [3.63, 3.8) is 0 Å². The van der Waals surface area contributed by atoms with Crippen LogP contribution in [0.5, 0.6) is 0 Å². The van der Waals surface area contributed by atoms with Gasteiger partial charge < -0.3 is 20.5 Å². The molecule has 2 heterocycles. The quantitative estimate of drug-likeness (QED) is 0.159. The second-order valence-electron chi connectivity index (χ2n) is 11.1. The van der Waals surface area contributed by atoms with Crippen molar-refractivity contribution in [3.8, 4) is 0 Å². The fraction of sp³-hybridized carbons (Fsp3) is 0.387. The number of nitrogens with zero attached hydrogens (tertiary/aromatic N) is 1. The molecule has 1 aliphatic carbocycles. The lowest BCUT2D eigenvalue weighted by Crippen LogP contribution is -2.53. The Kier molecular flexibility index (Phi) is 8.00. The predicted molar refractivity (Wildman–Crippen MR) is 151 cm³/mol. The minimum Gasteiger partial charge on any atom is -0.362 e. The molecule has 1 saturated heterocycles. The van der Waals surface area contributed by atoms with E-state index < -0.39 is 29.2 Å². The van der Waals surface area contributed by atoms with Crippen molar-refractivity contribution in [1.29, 1.82) is 0 Å². The van der Waals surface area contributed by atoms with Gasteiger partial charge in [0.15, 0.2) is 11.6 Å². The standard InChI is InChI=1S/C31H36N4O5/c1-35(20-21-8-3-2-4-9-21)26(29(38)34-28(37)25-12-7-17-32-25)18-30(13-15-31(39,40)16-14-30)27(36)23-19-33-24-11-6-5-10-22(23)24/h2-6,8-11,13,15,19,25-26,32-33,39-40H,7,12,14,16-18,20H2,1H3,(H,34,37,38)/t25-,26-,30?/m0/s1. The Labute approximate surface area is 233 Å². The van der Waals surface area contributed by atoms with Crippen LogP contribution in [0.25, 0.3) is 10.9 Å². The zero-order valence-corrected chi connectivity index (χ0v) is 22.6. The Morgan fingerprint density at radius 2 is 1.80 bits per heavy atom. The highest BCUT2D eigenvalue weighted by molar-refractivity contribution is 6.11. The molecular weight excluding hydrogens is 508 g/mol. The summed E-state index contributed by atoms with van der Waals surface area (Å²) in [7, 11) is 1.80. The van der Waals surface area contributed by atoms with Gasteiger partial charge in [0, 0.05) is 35.6 Å². The maximum atomic E-state index is 14.3. The summed E-state index contributed by atoms with van der Waals surface area (Å²) in [4.78, 5) is 46.0. The molecule has 0 radical (unpaired) electrons. The molecule has 3 aromatic rings. The van der Waals surface area contributed by atoms with Crippen LogP contribution in [0.1, 0.15) is 48.0 Å². The van der Waals surface area contributed by atoms with E-state index >= 15 is 0 Å². The first kappa shape index (κ1) is 27.9. The molecule has 0 spiro atoms. The van der Waals surface area contributed by atoms with Crippen LogP contribution in [0.2, 0.25) is 0 Å². The molecule has 2 aliphatic rings. The highest BCUT2D eigenvalue weighted by atomic mass is 16.5.